The predicted molar refractivity (Wildman–Crippen MR) is 97.3 cm³/mol. The van der Waals surface area contributed by atoms with Crippen LogP contribution in [0.2, 0.25) is 0 Å². The second-order valence-electron chi connectivity index (χ2n) is 5.88. The molecule has 1 amide bonds. The molecule has 6 heteroatoms. The second-order valence-corrected chi connectivity index (χ2v) is 7.90. The minimum atomic E-state index is -3.23. The summed E-state index contributed by atoms with van der Waals surface area (Å²) in [5.41, 5.74) is 0.857. The number of amides is 1. The topological polar surface area (TPSA) is 72.5 Å². The average Bonchev–Trinajstić information content (AvgIpc) is 2.59. The third kappa shape index (κ3) is 5.32. The van der Waals surface area contributed by atoms with Crippen LogP contribution in [0.15, 0.2) is 59.5 Å². The summed E-state index contributed by atoms with van der Waals surface area (Å²) in [6.45, 7) is 3.65. The minimum Gasteiger partial charge on any atom is -0.481 e. The van der Waals surface area contributed by atoms with Gasteiger partial charge in [0, 0.05) is 6.26 Å². The number of para-hydroxylation sites is 1. The van der Waals surface area contributed by atoms with Gasteiger partial charge in [0.05, 0.1) is 10.9 Å². The van der Waals surface area contributed by atoms with Gasteiger partial charge in [0.25, 0.3) is 5.91 Å². The lowest BCUT2D eigenvalue weighted by Gasteiger charge is -2.21. The van der Waals surface area contributed by atoms with E-state index < -0.39 is 15.9 Å². The molecule has 0 aliphatic carbocycles. The molecule has 1 N–H and O–H groups in total. The lowest BCUT2D eigenvalue weighted by Crippen LogP contribution is -2.38. The monoisotopic (exact) mass is 361 g/mol. The van der Waals surface area contributed by atoms with Crippen LogP contribution in [0.1, 0.15) is 31.9 Å². The third-order valence-electron chi connectivity index (χ3n) is 3.86. The van der Waals surface area contributed by atoms with Crippen LogP contribution in [0.4, 0.5) is 0 Å². The van der Waals surface area contributed by atoms with Crippen molar-refractivity contribution in [3.8, 4) is 5.75 Å². The van der Waals surface area contributed by atoms with Gasteiger partial charge in [-0.2, -0.15) is 0 Å². The molecule has 0 saturated carbocycles. The minimum absolute atomic E-state index is 0.206. The van der Waals surface area contributed by atoms with Gasteiger partial charge in [-0.1, -0.05) is 37.3 Å². The van der Waals surface area contributed by atoms with Crippen molar-refractivity contribution >= 4 is 15.7 Å². The van der Waals surface area contributed by atoms with Crippen LogP contribution in [0.25, 0.3) is 0 Å². The third-order valence-corrected chi connectivity index (χ3v) is 4.99. The Morgan fingerprint density at radius 3 is 2.20 bits per heavy atom. The highest BCUT2D eigenvalue weighted by atomic mass is 32.2. The first-order valence-corrected chi connectivity index (χ1v) is 10.0. The fraction of sp³-hybridized carbons (Fsp3) is 0.316. The number of ether oxygens (including phenoxy) is 1. The van der Waals surface area contributed by atoms with E-state index in [1.807, 2.05) is 25.1 Å². The van der Waals surface area contributed by atoms with Gasteiger partial charge in [-0.3, -0.25) is 4.79 Å². The molecule has 134 valence electrons. The van der Waals surface area contributed by atoms with Crippen LogP contribution in [0.5, 0.6) is 5.75 Å². The Bertz CT molecular complexity index is 801. The highest BCUT2D eigenvalue weighted by Gasteiger charge is 2.19. The highest BCUT2D eigenvalue weighted by molar-refractivity contribution is 7.90. The summed E-state index contributed by atoms with van der Waals surface area (Å²) < 4.78 is 28.7. The van der Waals surface area contributed by atoms with Crippen molar-refractivity contribution in [1.82, 2.24) is 5.32 Å². The lowest BCUT2D eigenvalue weighted by atomic mass is 10.0. The van der Waals surface area contributed by atoms with E-state index >= 15 is 0 Å². The molecule has 0 bridgehead atoms. The van der Waals surface area contributed by atoms with E-state index in [0.29, 0.717) is 12.2 Å². The molecule has 0 aliphatic heterocycles. The standard InChI is InChI=1S/C19H23NO4S/c1-4-18(15-10-12-17(13-11-15)25(3,22)23)20-19(21)14(2)24-16-8-6-5-7-9-16/h5-14,18H,4H2,1-3H3,(H,20,21)/t14-,18-/m1/s1. The maximum atomic E-state index is 12.4. The van der Waals surface area contributed by atoms with E-state index in [4.69, 9.17) is 4.74 Å². The molecule has 2 aromatic rings. The quantitative estimate of drug-likeness (QED) is 0.822. The summed E-state index contributed by atoms with van der Waals surface area (Å²) in [4.78, 5) is 12.6. The zero-order chi connectivity index (χ0) is 18.4. The summed E-state index contributed by atoms with van der Waals surface area (Å²) >= 11 is 0. The van der Waals surface area contributed by atoms with Crippen molar-refractivity contribution < 1.29 is 17.9 Å². The predicted octanol–water partition coefficient (Wildman–Crippen LogP) is 3.12. The molecule has 0 aliphatic rings. The summed E-state index contributed by atoms with van der Waals surface area (Å²) in [6, 6.07) is 15.5. The van der Waals surface area contributed by atoms with Crippen LogP contribution in [-0.4, -0.2) is 26.7 Å². The van der Waals surface area contributed by atoms with Crippen LogP contribution < -0.4 is 10.1 Å². The first-order chi connectivity index (χ1) is 11.8. The Labute approximate surface area is 148 Å². The number of hydrogen-bond acceptors (Lipinski definition) is 4. The van der Waals surface area contributed by atoms with E-state index in [2.05, 4.69) is 5.32 Å². The fourth-order valence-electron chi connectivity index (χ4n) is 2.41. The first-order valence-electron chi connectivity index (χ1n) is 8.13. The Morgan fingerprint density at radius 1 is 1.08 bits per heavy atom. The largest absolute Gasteiger partial charge is 0.481 e. The number of carbonyl (C=O) groups excluding carboxylic acids is 1. The number of benzene rings is 2. The van der Waals surface area contributed by atoms with E-state index in [-0.39, 0.29) is 16.8 Å². The number of nitrogens with one attached hydrogen (secondary N) is 1. The van der Waals surface area contributed by atoms with Crippen molar-refractivity contribution in [2.24, 2.45) is 0 Å². The van der Waals surface area contributed by atoms with Crippen molar-refractivity contribution in [3.05, 3.63) is 60.2 Å². The number of sulfone groups is 1. The fourth-order valence-corrected chi connectivity index (χ4v) is 3.04. The van der Waals surface area contributed by atoms with Gasteiger partial charge in [-0.05, 0) is 43.2 Å². The van der Waals surface area contributed by atoms with Crippen molar-refractivity contribution in [2.75, 3.05) is 6.26 Å². The Morgan fingerprint density at radius 2 is 1.68 bits per heavy atom. The Hall–Kier alpha value is -2.34. The van der Waals surface area contributed by atoms with Crippen LogP contribution in [-0.2, 0) is 14.6 Å². The molecule has 0 saturated heterocycles. The molecular formula is C19H23NO4S. The zero-order valence-electron chi connectivity index (χ0n) is 14.6. The SMILES string of the molecule is CC[C@@H](NC(=O)[C@@H](C)Oc1ccccc1)c1ccc(S(C)(=O)=O)cc1. The Balaban J connectivity index is 2.04. The molecule has 2 rings (SSSR count). The van der Waals surface area contributed by atoms with Gasteiger partial charge in [0.15, 0.2) is 15.9 Å². The van der Waals surface area contributed by atoms with Gasteiger partial charge in [0.2, 0.25) is 0 Å². The molecule has 0 spiro atoms. The lowest BCUT2D eigenvalue weighted by molar-refractivity contribution is -0.128. The zero-order valence-corrected chi connectivity index (χ0v) is 15.4. The number of rotatable bonds is 7. The summed E-state index contributed by atoms with van der Waals surface area (Å²) in [5, 5.41) is 2.95. The van der Waals surface area contributed by atoms with Crippen molar-refractivity contribution in [2.45, 2.75) is 37.3 Å². The molecule has 0 heterocycles. The average molecular weight is 361 g/mol. The molecule has 2 atom stereocenters. The van der Waals surface area contributed by atoms with Crippen LogP contribution in [0, 0.1) is 0 Å². The second kappa shape index (κ2) is 8.16. The van der Waals surface area contributed by atoms with Crippen molar-refractivity contribution in [3.63, 3.8) is 0 Å². The summed E-state index contributed by atoms with van der Waals surface area (Å²) in [5.74, 6) is 0.415. The normalized spacial score (nSPS) is 13.7. The molecule has 0 unspecified atom stereocenters. The van der Waals surface area contributed by atoms with Crippen molar-refractivity contribution in [1.29, 1.82) is 0 Å². The van der Waals surface area contributed by atoms with Crippen LogP contribution >= 0.6 is 0 Å². The van der Waals surface area contributed by atoms with E-state index in [1.165, 1.54) is 6.26 Å². The van der Waals surface area contributed by atoms with E-state index in [0.717, 1.165) is 5.56 Å². The highest BCUT2D eigenvalue weighted by Crippen LogP contribution is 2.20. The molecular weight excluding hydrogens is 338 g/mol. The van der Waals surface area contributed by atoms with Gasteiger partial charge >= 0.3 is 0 Å². The van der Waals surface area contributed by atoms with Gasteiger partial charge in [0.1, 0.15) is 5.75 Å². The van der Waals surface area contributed by atoms with E-state index in [9.17, 15) is 13.2 Å². The molecule has 0 radical (unpaired) electrons. The molecule has 25 heavy (non-hydrogen) atoms. The van der Waals surface area contributed by atoms with Gasteiger partial charge < -0.3 is 10.1 Å². The first kappa shape index (κ1) is 19.0. The Kier molecular flexibility index (Phi) is 6.20. The summed E-state index contributed by atoms with van der Waals surface area (Å²) in [7, 11) is -3.23. The maximum Gasteiger partial charge on any atom is 0.261 e. The molecule has 0 fully saturated rings. The van der Waals surface area contributed by atoms with E-state index in [1.54, 1.807) is 43.3 Å². The van der Waals surface area contributed by atoms with Gasteiger partial charge in [-0.15, -0.1) is 0 Å². The number of hydrogen-bond donors (Lipinski definition) is 1. The van der Waals surface area contributed by atoms with Crippen LogP contribution in [0.3, 0.4) is 0 Å². The molecule has 5 nitrogen and oxygen atoms in total. The molecule has 2 aromatic carbocycles. The smallest absolute Gasteiger partial charge is 0.261 e. The van der Waals surface area contributed by atoms with Gasteiger partial charge in [-0.25, -0.2) is 8.42 Å². The summed E-state index contributed by atoms with van der Waals surface area (Å²) in [6.07, 6.45) is 1.22. The maximum absolute atomic E-state index is 12.4. The number of carbonyl (C=O) groups is 1. The molecule has 0 aromatic heterocycles.